The smallest absolute Gasteiger partial charge is 0.314 e. The average Bonchev–Trinajstić information content (AvgIpc) is 2.41. The number of nitro benzene ring substituents is 1. The number of benzene rings is 1. The lowest BCUT2D eigenvalue weighted by molar-refractivity contribution is -0.908. The quantitative estimate of drug-likeness (QED) is 0.668. The molecule has 0 aromatic heterocycles. The van der Waals surface area contributed by atoms with Gasteiger partial charge in [-0.25, -0.2) is 0 Å². The average molecular weight is 278 g/mol. The van der Waals surface area contributed by atoms with Crippen molar-refractivity contribution in [1.29, 1.82) is 0 Å². The second-order valence-electron chi connectivity index (χ2n) is 5.46. The molecule has 0 aliphatic carbocycles. The van der Waals surface area contributed by atoms with E-state index in [1.165, 1.54) is 11.0 Å². The molecule has 1 aliphatic heterocycles. The van der Waals surface area contributed by atoms with Crippen LogP contribution in [0, 0.1) is 16.0 Å². The monoisotopic (exact) mass is 278 g/mol. The first-order valence-electron chi connectivity index (χ1n) is 6.78. The molecule has 1 heterocycles. The molecule has 2 rings (SSSR count). The van der Waals surface area contributed by atoms with Gasteiger partial charge < -0.3 is 9.74 Å². The van der Waals surface area contributed by atoms with E-state index in [9.17, 15) is 10.1 Å². The number of oxime groups is 1. The van der Waals surface area contributed by atoms with Crippen LogP contribution < -0.4 is 9.74 Å². The number of quaternary nitrogens is 1. The molecule has 20 heavy (non-hydrogen) atoms. The summed E-state index contributed by atoms with van der Waals surface area (Å²) in [6.07, 6.45) is 0.855. The molecule has 6 nitrogen and oxygen atoms in total. The Balaban J connectivity index is 2.15. The van der Waals surface area contributed by atoms with Crippen LogP contribution in [0.2, 0.25) is 0 Å². The highest BCUT2D eigenvalue weighted by Crippen LogP contribution is 2.26. The van der Waals surface area contributed by atoms with Crippen molar-refractivity contribution in [2.24, 2.45) is 11.1 Å². The number of hydrogen-bond donors (Lipinski definition) is 1. The Morgan fingerprint density at radius 3 is 2.80 bits per heavy atom. The SMILES string of the molecule is C[C@@H]1C/C(=N\Oc2ccccc2[N+](=O)[O-])[C@@H](C)C[NH+]1C. The second-order valence-corrected chi connectivity index (χ2v) is 5.46. The molecule has 1 N–H and O–H groups in total. The fraction of sp³-hybridized carbons (Fsp3) is 0.500. The van der Waals surface area contributed by atoms with Crippen LogP contribution in [0.3, 0.4) is 0 Å². The van der Waals surface area contributed by atoms with Gasteiger partial charge in [0.05, 0.1) is 30.3 Å². The second kappa shape index (κ2) is 6.00. The van der Waals surface area contributed by atoms with Crippen molar-refractivity contribution in [3.63, 3.8) is 0 Å². The first-order chi connectivity index (χ1) is 9.49. The normalized spacial score (nSPS) is 28.4. The molecule has 0 amide bonds. The van der Waals surface area contributed by atoms with Crippen molar-refractivity contribution < 1.29 is 14.7 Å². The highest BCUT2D eigenvalue weighted by molar-refractivity contribution is 5.87. The van der Waals surface area contributed by atoms with Crippen LogP contribution in [-0.2, 0) is 0 Å². The Hall–Kier alpha value is -1.95. The van der Waals surface area contributed by atoms with Gasteiger partial charge >= 0.3 is 5.69 Å². The van der Waals surface area contributed by atoms with Crippen molar-refractivity contribution in [2.45, 2.75) is 26.3 Å². The third-order valence-corrected chi connectivity index (χ3v) is 3.88. The van der Waals surface area contributed by atoms with Crippen LogP contribution >= 0.6 is 0 Å². The Morgan fingerprint density at radius 1 is 1.40 bits per heavy atom. The minimum Gasteiger partial charge on any atom is -0.350 e. The van der Waals surface area contributed by atoms with Gasteiger partial charge in [-0.1, -0.05) is 24.2 Å². The van der Waals surface area contributed by atoms with Crippen molar-refractivity contribution in [2.75, 3.05) is 13.6 Å². The summed E-state index contributed by atoms with van der Waals surface area (Å²) >= 11 is 0. The minimum atomic E-state index is -0.458. The fourth-order valence-corrected chi connectivity index (χ4v) is 2.41. The van der Waals surface area contributed by atoms with Gasteiger partial charge in [0.1, 0.15) is 0 Å². The molecule has 0 saturated carbocycles. The topological polar surface area (TPSA) is 69.2 Å². The molecule has 1 aliphatic rings. The van der Waals surface area contributed by atoms with Crippen molar-refractivity contribution >= 4 is 11.4 Å². The molecular weight excluding hydrogens is 258 g/mol. The largest absolute Gasteiger partial charge is 0.350 e. The van der Waals surface area contributed by atoms with Crippen LogP contribution in [0.15, 0.2) is 29.4 Å². The summed E-state index contributed by atoms with van der Waals surface area (Å²) in [6.45, 7) is 5.28. The molecule has 1 fully saturated rings. The van der Waals surface area contributed by atoms with Crippen LogP contribution in [0.25, 0.3) is 0 Å². The molecular formula is C14H20N3O3+. The van der Waals surface area contributed by atoms with Crippen molar-refractivity contribution in [1.82, 2.24) is 0 Å². The zero-order valence-electron chi connectivity index (χ0n) is 12.0. The zero-order valence-corrected chi connectivity index (χ0v) is 12.0. The summed E-state index contributed by atoms with van der Waals surface area (Å²) < 4.78 is 0. The summed E-state index contributed by atoms with van der Waals surface area (Å²) in [5, 5.41) is 15.1. The Bertz CT molecular complexity index is 530. The predicted molar refractivity (Wildman–Crippen MR) is 76.2 cm³/mol. The lowest BCUT2D eigenvalue weighted by atomic mass is 9.93. The number of para-hydroxylation sites is 2. The van der Waals surface area contributed by atoms with E-state index >= 15 is 0 Å². The number of nitro groups is 1. The maximum atomic E-state index is 10.9. The highest BCUT2D eigenvalue weighted by atomic mass is 16.6. The summed E-state index contributed by atoms with van der Waals surface area (Å²) in [5.41, 5.74) is 0.914. The van der Waals surface area contributed by atoms with E-state index in [1.807, 2.05) is 0 Å². The lowest BCUT2D eigenvalue weighted by Crippen LogP contribution is -3.14. The molecule has 0 radical (unpaired) electrons. The Morgan fingerprint density at radius 2 is 2.10 bits per heavy atom. The van der Waals surface area contributed by atoms with Crippen LogP contribution in [0.1, 0.15) is 20.3 Å². The fourth-order valence-electron chi connectivity index (χ4n) is 2.41. The van der Waals surface area contributed by atoms with E-state index in [1.54, 1.807) is 18.2 Å². The molecule has 0 spiro atoms. The molecule has 1 aromatic rings. The van der Waals surface area contributed by atoms with Gasteiger partial charge in [-0.3, -0.25) is 10.1 Å². The maximum absolute atomic E-state index is 10.9. The van der Waals surface area contributed by atoms with Crippen molar-refractivity contribution in [3.8, 4) is 5.75 Å². The number of rotatable bonds is 3. The molecule has 1 aromatic carbocycles. The summed E-state index contributed by atoms with van der Waals surface area (Å²) in [6, 6.07) is 6.78. The number of hydrogen-bond acceptors (Lipinski definition) is 4. The van der Waals surface area contributed by atoms with Crippen LogP contribution in [0.4, 0.5) is 5.69 Å². The van der Waals surface area contributed by atoms with E-state index < -0.39 is 4.92 Å². The van der Waals surface area contributed by atoms with Gasteiger partial charge in [-0.05, 0) is 13.0 Å². The number of nitrogens with one attached hydrogen (secondary N) is 1. The third kappa shape index (κ3) is 3.14. The predicted octanol–water partition coefficient (Wildman–Crippen LogP) is 1.27. The molecule has 108 valence electrons. The van der Waals surface area contributed by atoms with E-state index in [2.05, 4.69) is 26.1 Å². The first-order valence-corrected chi connectivity index (χ1v) is 6.78. The summed E-state index contributed by atoms with van der Waals surface area (Å²) in [4.78, 5) is 17.3. The molecule has 1 saturated heterocycles. The van der Waals surface area contributed by atoms with Gasteiger partial charge in [0, 0.05) is 18.4 Å². The van der Waals surface area contributed by atoms with Gasteiger partial charge in [-0.2, -0.15) is 0 Å². The highest BCUT2D eigenvalue weighted by Gasteiger charge is 2.29. The van der Waals surface area contributed by atoms with Crippen LogP contribution in [0.5, 0.6) is 5.75 Å². The van der Waals surface area contributed by atoms with Gasteiger partial charge in [0.2, 0.25) is 5.75 Å². The summed E-state index contributed by atoms with van der Waals surface area (Å²) in [7, 11) is 2.17. The molecule has 0 bridgehead atoms. The lowest BCUT2D eigenvalue weighted by Gasteiger charge is -2.31. The molecule has 6 heteroatoms. The van der Waals surface area contributed by atoms with Crippen molar-refractivity contribution in [3.05, 3.63) is 34.4 Å². The van der Waals surface area contributed by atoms with Gasteiger partial charge in [0.25, 0.3) is 0 Å². The van der Waals surface area contributed by atoms with Gasteiger partial charge in [-0.15, -0.1) is 0 Å². The standard InChI is InChI=1S/C14H19N3O3/c1-10-9-16(3)11(2)8-12(10)15-20-14-7-5-4-6-13(14)17(18)19/h4-7,10-11H,8-9H2,1-3H3/p+1/b15-12+/t10-,11+/m0/s1. The Kier molecular flexibility index (Phi) is 4.34. The Labute approximate surface area is 118 Å². The van der Waals surface area contributed by atoms with Gasteiger partial charge in [0.15, 0.2) is 0 Å². The zero-order chi connectivity index (χ0) is 14.7. The van der Waals surface area contributed by atoms with E-state index in [4.69, 9.17) is 4.84 Å². The first kappa shape index (κ1) is 14.5. The number of likely N-dealkylation sites (tertiary alicyclic amines) is 1. The number of piperidine rings is 1. The molecule has 3 atom stereocenters. The minimum absolute atomic E-state index is 0.0592. The summed E-state index contributed by atoms with van der Waals surface area (Å²) in [5.74, 6) is 0.519. The molecule has 1 unspecified atom stereocenters. The van der Waals surface area contributed by atoms with E-state index in [0.717, 1.165) is 18.7 Å². The maximum Gasteiger partial charge on any atom is 0.314 e. The van der Waals surface area contributed by atoms with E-state index in [-0.39, 0.29) is 11.4 Å². The van der Waals surface area contributed by atoms with Crippen LogP contribution in [-0.4, -0.2) is 30.3 Å². The number of nitrogens with zero attached hydrogens (tertiary/aromatic N) is 2. The third-order valence-electron chi connectivity index (χ3n) is 3.88. The van der Waals surface area contributed by atoms with E-state index in [0.29, 0.717) is 12.0 Å².